The summed E-state index contributed by atoms with van der Waals surface area (Å²) in [5.74, 6) is 1.71. The zero-order valence-corrected chi connectivity index (χ0v) is 34.6. The number of hydrogen-bond donors (Lipinski definition) is 2. The van der Waals surface area contributed by atoms with Gasteiger partial charge >= 0.3 is 0 Å². The predicted octanol–water partition coefficient (Wildman–Crippen LogP) is 12.6. The molecular weight excluding hydrogens is 755 g/mol. The van der Waals surface area contributed by atoms with E-state index in [0.29, 0.717) is 17.9 Å². The van der Waals surface area contributed by atoms with E-state index in [1.54, 1.807) is 0 Å². The highest BCUT2D eigenvalue weighted by molar-refractivity contribution is 6.14. The molecule has 5 aliphatic rings. The molecule has 1 aromatic heterocycles. The minimum Gasteiger partial charge on any atom is -0.350 e. The average molecular weight is 802 g/mol. The van der Waals surface area contributed by atoms with Crippen LogP contribution in [0.25, 0.3) is 50.4 Å². The summed E-state index contributed by atoms with van der Waals surface area (Å²) in [7, 11) is 0. The van der Waals surface area contributed by atoms with Gasteiger partial charge in [-0.25, -0.2) is 4.99 Å². The summed E-state index contributed by atoms with van der Waals surface area (Å²) in [6, 6.07) is 56.1. The fraction of sp³-hybridized carbons (Fsp3) is 0.175. The zero-order chi connectivity index (χ0) is 40.7. The summed E-state index contributed by atoms with van der Waals surface area (Å²) in [6.07, 6.45) is 17.4. The van der Waals surface area contributed by atoms with Crippen LogP contribution in [-0.2, 0) is 12.8 Å². The Bertz CT molecular complexity index is 3210. The van der Waals surface area contributed by atoms with Crippen LogP contribution in [0.15, 0.2) is 181 Å². The topological polar surface area (TPSA) is 44.6 Å². The lowest BCUT2D eigenvalue weighted by molar-refractivity contribution is 0.409. The van der Waals surface area contributed by atoms with Crippen LogP contribution in [0, 0.1) is 11.8 Å². The van der Waals surface area contributed by atoms with E-state index in [1.807, 2.05) is 0 Å². The number of benzene rings is 7. The monoisotopic (exact) mass is 801 g/mol. The number of nitrogens with zero attached hydrogens (tertiary/aromatic N) is 3. The van der Waals surface area contributed by atoms with Crippen molar-refractivity contribution in [3.8, 4) is 5.69 Å². The molecule has 2 N–H and O–H groups in total. The quantitative estimate of drug-likeness (QED) is 0.170. The SMILES string of the molecule is C1=Cc2c(ccc3c4ccccc4n(-c4cccc5c4CC4C(=C5)N(c5cccc6c(C7=NC(c8ccccc8)NC(c8ccccc8)N7)cccc56)C5CCC=CC45)c23)CC1. The Morgan fingerprint density at radius 3 is 2.31 bits per heavy atom. The van der Waals surface area contributed by atoms with Gasteiger partial charge in [0.15, 0.2) is 0 Å². The predicted molar refractivity (Wildman–Crippen MR) is 257 cm³/mol. The third-order valence-electron chi connectivity index (χ3n) is 14.4. The second-order valence-electron chi connectivity index (χ2n) is 17.7. The molecule has 3 aliphatic carbocycles. The number of fused-ring (bicyclic) bond motifs is 10. The number of para-hydroxylation sites is 1. The Balaban J connectivity index is 0.954. The van der Waals surface area contributed by atoms with Gasteiger partial charge in [0.2, 0.25) is 0 Å². The van der Waals surface area contributed by atoms with Gasteiger partial charge in [-0.3, -0.25) is 5.32 Å². The molecule has 1 fully saturated rings. The van der Waals surface area contributed by atoms with Crippen molar-refractivity contribution in [2.24, 2.45) is 16.8 Å². The number of aryl methyl sites for hydroxylation is 1. The van der Waals surface area contributed by atoms with Crippen LogP contribution in [-0.4, -0.2) is 16.4 Å². The second kappa shape index (κ2) is 14.3. The Labute approximate surface area is 362 Å². The van der Waals surface area contributed by atoms with Crippen LogP contribution in [0.5, 0.6) is 0 Å². The van der Waals surface area contributed by atoms with Crippen molar-refractivity contribution in [3.63, 3.8) is 0 Å². The van der Waals surface area contributed by atoms with E-state index in [0.717, 1.165) is 49.1 Å². The van der Waals surface area contributed by atoms with Gasteiger partial charge in [-0.05, 0) is 89.6 Å². The maximum absolute atomic E-state index is 5.38. The molecule has 7 aromatic carbocycles. The van der Waals surface area contributed by atoms with Gasteiger partial charge in [0, 0.05) is 56.5 Å². The number of rotatable bonds is 5. The number of amidine groups is 1. The molecule has 5 heteroatoms. The molecule has 8 aromatic rings. The molecule has 0 bridgehead atoms. The first kappa shape index (κ1) is 35.8. The normalized spacial score (nSPS) is 22.5. The van der Waals surface area contributed by atoms with Crippen molar-refractivity contribution in [2.45, 2.75) is 50.5 Å². The van der Waals surface area contributed by atoms with Gasteiger partial charge in [-0.1, -0.05) is 158 Å². The van der Waals surface area contributed by atoms with Gasteiger partial charge in [0.05, 0.1) is 16.7 Å². The molecule has 300 valence electrons. The molecule has 62 heavy (non-hydrogen) atoms. The van der Waals surface area contributed by atoms with Gasteiger partial charge in [0.25, 0.3) is 0 Å². The number of allylic oxidation sites excluding steroid dienone is 3. The maximum atomic E-state index is 5.38. The molecular formula is C57H47N5. The van der Waals surface area contributed by atoms with Crippen molar-refractivity contribution >= 4 is 56.3 Å². The molecule has 0 spiro atoms. The lowest BCUT2D eigenvalue weighted by atomic mass is 9.77. The highest BCUT2D eigenvalue weighted by Gasteiger charge is 2.47. The third kappa shape index (κ3) is 5.54. The van der Waals surface area contributed by atoms with Crippen molar-refractivity contribution in [1.29, 1.82) is 0 Å². The number of nitrogens with one attached hydrogen (secondary N) is 2. The van der Waals surface area contributed by atoms with Crippen LogP contribution in [0.4, 0.5) is 5.69 Å². The number of aromatic nitrogens is 1. The largest absolute Gasteiger partial charge is 0.350 e. The summed E-state index contributed by atoms with van der Waals surface area (Å²) >= 11 is 0. The van der Waals surface area contributed by atoms with E-state index < -0.39 is 0 Å². The van der Waals surface area contributed by atoms with Crippen molar-refractivity contribution in [1.82, 2.24) is 15.2 Å². The molecule has 0 radical (unpaired) electrons. The molecule has 0 saturated carbocycles. The maximum Gasteiger partial charge on any atom is 0.132 e. The summed E-state index contributed by atoms with van der Waals surface area (Å²) in [5.41, 5.74) is 15.8. The Hall–Kier alpha value is -6.95. The molecule has 3 heterocycles. The first-order valence-electron chi connectivity index (χ1n) is 22.5. The molecule has 13 rings (SSSR count). The number of anilines is 1. The Morgan fingerprint density at radius 2 is 1.40 bits per heavy atom. The van der Waals surface area contributed by atoms with E-state index in [2.05, 4.69) is 202 Å². The lowest BCUT2D eigenvalue weighted by Crippen LogP contribution is -2.45. The smallest absolute Gasteiger partial charge is 0.132 e. The summed E-state index contributed by atoms with van der Waals surface area (Å²) in [5, 5.41) is 12.7. The number of aliphatic imine (C=N–C) groups is 1. The summed E-state index contributed by atoms with van der Waals surface area (Å²) < 4.78 is 2.60. The van der Waals surface area contributed by atoms with Crippen LogP contribution >= 0.6 is 0 Å². The number of hydrogen-bond acceptors (Lipinski definition) is 4. The molecule has 2 aliphatic heterocycles. The third-order valence-corrected chi connectivity index (χ3v) is 14.4. The lowest BCUT2D eigenvalue weighted by Gasteiger charge is -2.34. The summed E-state index contributed by atoms with van der Waals surface area (Å²) in [4.78, 5) is 8.13. The Kier molecular flexibility index (Phi) is 8.26. The van der Waals surface area contributed by atoms with E-state index in [9.17, 15) is 0 Å². The van der Waals surface area contributed by atoms with Crippen molar-refractivity contribution < 1.29 is 0 Å². The van der Waals surface area contributed by atoms with Crippen LogP contribution in [0.3, 0.4) is 0 Å². The van der Waals surface area contributed by atoms with E-state index in [1.165, 1.54) is 77.5 Å². The molecule has 5 atom stereocenters. The van der Waals surface area contributed by atoms with E-state index in [-0.39, 0.29) is 12.3 Å². The standard InChI is InChI=1S/C57H47N5/c1-3-17-37(18-4-1)55-58-56(38-19-5-2-6-20-38)60-57(59-55)46-27-14-26-42-41(46)25-15-31-50(42)61-49-28-11-10-24-44(49)48-35-47-39(34-53(48)61)21-13-30-52(47)62-51-29-12-9-23-43(51)45-33-32-36-16-7-8-22-40(36)54(45)62/h1-6,8-10,12-15,17-27,29-34,44,48-49,55-56,58H,7,11,16,28,35H2,(H,59,60). The zero-order valence-electron chi connectivity index (χ0n) is 34.6. The minimum absolute atomic E-state index is 0.0942. The van der Waals surface area contributed by atoms with Gasteiger partial charge in [0.1, 0.15) is 18.2 Å². The molecule has 5 nitrogen and oxygen atoms in total. The first-order chi connectivity index (χ1) is 30.8. The fourth-order valence-electron chi connectivity index (χ4n) is 11.6. The van der Waals surface area contributed by atoms with Crippen LogP contribution < -0.4 is 15.5 Å². The van der Waals surface area contributed by atoms with E-state index in [4.69, 9.17) is 4.99 Å². The molecule has 1 saturated heterocycles. The average Bonchev–Trinajstić information content (AvgIpc) is 3.85. The van der Waals surface area contributed by atoms with Crippen molar-refractivity contribution in [3.05, 3.63) is 215 Å². The van der Waals surface area contributed by atoms with Crippen molar-refractivity contribution in [2.75, 3.05) is 4.90 Å². The highest BCUT2D eigenvalue weighted by atomic mass is 15.3. The second-order valence-corrected chi connectivity index (χ2v) is 17.7. The summed E-state index contributed by atoms with van der Waals surface area (Å²) in [6.45, 7) is 0. The molecule has 0 amide bonds. The van der Waals surface area contributed by atoms with Gasteiger partial charge in [-0.2, -0.15) is 0 Å². The Morgan fingerprint density at radius 1 is 0.629 bits per heavy atom. The van der Waals surface area contributed by atoms with E-state index >= 15 is 0 Å². The van der Waals surface area contributed by atoms with Gasteiger partial charge < -0.3 is 14.8 Å². The van der Waals surface area contributed by atoms with Crippen LogP contribution in [0.1, 0.15) is 70.5 Å². The highest BCUT2D eigenvalue weighted by Crippen LogP contribution is 2.52. The minimum atomic E-state index is -0.188. The van der Waals surface area contributed by atoms with Gasteiger partial charge in [-0.15, -0.1) is 0 Å². The fourth-order valence-corrected chi connectivity index (χ4v) is 11.6. The first-order valence-corrected chi connectivity index (χ1v) is 22.5. The van der Waals surface area contributed by atoms with Crippen LogP contribution in [0.2, 0.25) is 0 Å². The molecule has 5 unspecified atom stereocenters.